The Morgan fingerprint density at radius 1 is 1.10 bits per heavy atom. The van der Waals surface area contributed by atoms with Gasteiger partial charge in [-0.05, 0) is 49.6 Å². The van der Waals surface area contributed by atoms with Gasteiger partial charge in [-0.3, -0.25) is 4.79 Å². The van der Waals surface area contributed by atoms with Gasteiger partial charge >= 0.3 is 0 Å². The largest absolute Gasteiger partial charge is 0.495 e. The summed E-state index contributed by atoms with van der Waals surface area (Å²) in [6.07, 6.45) is 2.76. The lowest BCUT2D eigenvalue weighted by molar-refractivity contribution is -0.114. The van der Waals surface area contributed by atoms with Crippen LogP contribution in [0.1, 0.15) is 24.8 Å². The third-order valence-electron chi connectivity index (χ3n) is 4.97. The van der Waals surface area contributed by atoms with Crippen LogP contribution in [0.5, 0.6) is 5.75 Å². The monoisotopic (exact) mass is 417 g/mol. The molecule has 0 spiro atoms. The summed E-state index contributed by atoms with van der Waals surface area (Å²) >= 11 is 0. The molecule has 29 heavy (non-hydrogen) atoms. The average Bonchev–Trinajstić information content (AvgIpc) is 2.74. The van der Waals surface area contributed by atoms with E-state index < -0.39 is 10.0 Å². The number of carbonyl (C=O) groups is 1. The van der Waals surface area contributed by atoms with Gasteiger partial charge in [0.2, 0.25) is 15.9 Å². The maximum atomic E-state index is 13.1. The number of ether oxygens (including phenoxy) is 1. The summed E-state index contributed by atoms with van der Waals surface area (Å²) in [5.41, 5.74) is 2.27. The maximum Gasteiger partial charge on any atom is 0.246 e. The highest BCUT2D eigenvalue weighted by atomic mass is 32.2. The minimum Gasteiger partial charge on any atom is -0.495 e. The van der Waals surface area contributed by atoms with Gasteiger partial charge in [-0.1, -0.05) is 24.6 Å². The Kier molecular flexibility index (Phi) is 6.76. The molecule has 2 N–H and O–H groups in total. The van der Waals surface area contributed by atoms with Gasteiger partial charge in [0.05, 0.1) is 13.7 Å². The topological polar surface area (TPSA) is 87.7 Å². The predicted octanol–water partition coefficient (Wildman–Crippen LogP) is 3.23. The molecule has 0 aliphatic carbocycles. The molecule has 0 atom stereocenters. The number of amides is 1. The van der Waals surface area contributed by atoms with Crippen molar-refractivity contribution in [3.63, 3.8) is 0 Å². The molecule has 1 saturated heterocycles. The molecule has 0 saturated carbocycles. The second-order valence-electron chi connectivity index (χ2n) is 7.05. The van der Waals surface area contributed by atoms with Crippen LogP contribution in [0.15, 0.2) is 47.4 Å². The Balaban J connectivity index is 1.73. The SMILES string of the molecule is COc1ccc(NCC(=O)Nc2ccccc2C)cc1S(=O)(=O)N1CCCCC1. The van der Waals surface area contributed by atoms with Gasteiger partial charge in [0, 0.05) is 24.5 Å². The van der Waals surface area contributed by atoms with Crippen molar-refractivity contribution in [1.29, 1.82) is 0 Å². The Bertz CT molecular complexity index is 970. The first-order valence-corrected chi connectivity index (χ1v) is 11.1. The number of sulfonamides is 1. The zero-order valence-electron chi connectivity index (χ0n) is 16.8. The number of methoxy groups -OCH3 is 1. The summed E-state index contributed by atoms with van der Waals surface area (Å²) in [5, 5.41) is 5.85. The number of piperidine rings is 1. The maximum absolute atomic E-state index is 13.1. The van der Waals surface area contributed by atoms with Crippen LogP contribution >= 0.6 is 0 Å². The number of hydrogen-bond acceptors (Lipinski definition) is 5. The van der Waals surface area contributed by atoms with Crippen molar-refractivity contribution >= 4 is 27.3 Å². The predicted molar refractivity (Wildman–Crippen MR) is 114 cm³/mol. The molecule has 1 fully saturated rings. The molecule has 1 amide bonds. The fourth-order valence-electron chi connectivity index (χ4n) is 3.32. The summed E-state index contributed by atoms with van der Waals surface area (Å²) in [7, 11) is -2.20. The van der Waals surface area contributed by atoms with E-state index in [-0.39, 0.29) is 17.3 Å². The van der Waals surface area contributed by atoms with Crippen LogP contribution in [0.2, 0.25) is 0 Å². The van der Waals surface area contributed by atoms with Gasteiger partial charge in [0.15, 0.2) is 0 Å². The summed E-state index contributed by atoms with van der Waals surface area (Å²) in [6.45, 7) is 2.97. The van der Waals surface area contributed by atoms with Crippen molar-refractivity contribution < 1.29 is 17.9 Å². The zero-order chi connectivity index (χ0) is 20.9. The summed E-state index contributed by atoms with van der Waals surface area (Å²) in [5.74, 6) is 0.0843. The van der Waals surface area contributed by atoms with E-state index in [0.29, 0.717) is 24.5 Å². The minimum absolute atomic E-state index is 0.0177. The summed E-state index contributed by atoms with van der Waals surface area (Å²) in [6, 6.07) is 12.4. The minimum atomic E-state index is -3.65. The van der Waals surface area contributed by atoms with Crippen LogP contribution in [-0.4, -0.2) is 45.4 Å². The highest BCUT2D eigenvalue weighted by Gasteiger charge is 2.29. The second kappa shape index (κ2) is 9.28. The van der Waals surface area contributed by atoms with Gasteiger partial charge in [-0.15, -0.1) is 0 Å². The molecule has 1 heterocycles. The van der Waals surface area contributed by atoms with E-state index >= 15 is 0 Å². The van der Waals surface area contributed by atoms with Gasteiger partial charge in [0.1, 0.15) is 10.6 Å². The normalized spacial score (nSPS) is 15.0. The number of aryl methyl sites for hydroxylation is 1. The highest BCUT2D eigenvalue weighted by Crippen LogP contribution is 2.31. The molecule has 0 aromatic heterocycles. The molecule has 8 heteroatoms. The average molecular weight is 418 g/mol. The summed E-state index contributed by atoms with van der Waals surface area (Å²) < 4.78 is 32.9. The lowest BCUT2D eigenvalue weighted by Crippen LogP contribution is -2.35. The van der Waals surface area contributed by atoms with E-state index in [2.05, 4.69) is 10.6 Å². The number of anilines is 2. The smallest absolute Gasteiger partial charge is 0.246 e. The Morgan fingerprint density at radius 2 is 1.83 bits per heavy atom. The summed E-state index contributed by atoms with van der Waals surface area (Å²) in [4.78, 5) is 12.4. The van der Waals surface area contributed by atoms with Crippen LogP contribution in [0.4, 0.5) is 11.4 Å². The Labute approximate surface area is 172 Å². The number of para-hydroxylation sites is 1. The second-order valence-corrected chi connectivity index (χ2v) is 8.95. The van der Waals surface area contributed by atoms with Gasteiger partial charge < -0.3 is 15.4 Å². The lowest BCUT2D eigenvalue weighted by atomic mass is 10.2. The quantitative estimate of drug-likeness (QED) is 0.722. The molecular formula is C21H27N3O4S. The molecule has 7 nitrogen and oxygen atoms in total. The van der Waals surface area contributed by atoms with Gasteiger partial charge in [-0.2, -0.15) is 4.31 Å². The third kappa shape index (κ3) is 5.07. The number of rotatable bonds is 7. The fourth-order valence-corrected chi connectivity index (χ4v) is 5.02. The molecular weight excluding hydrogens is 390 g/mol. The molecule has 3 rings (SSSR count). The highest BCUT2D eigenvalue weighted by molar-refractivity contribution is 7.89. The first-order chi connectivity index (χ1) is 13.9. The van der Waals surface area contributed by atoms with Gasteiger partial charge in [0.25, 0.3) is 0 Å². The Morgan fingerprint density at radius 3 is 2.52 bits per heavy atom. The molecule has 0 bridgehead atoms. The number of nitrogens with one attached hydrogen (secondary N) is 2. The molecule has 0 radical (unpaired) electrons. The molecule has 1 aliphatic rings. The first kappa shape index (κ1) is 21.1. The lowest BCUT2D eigenvalue weighted by Gasteiger charge is -2.26. The molecule has 0 unspecified atom stereocenters. The van der Waals surface area contributed by atoms with Gasteiger partial charge in [-0.25, -0.2) is 8.42 Å². The standard InChI is InChI=1S/C21H27N3O4S/c1-16-8-4-5-9-18(16)23-21(25)15-22-17-10-11-19(28-2)20(14-17)29(26,27)24-12-6-3-7-13-24/h4-5,8-11,14,22H,3,6-7,12-13,15H2,1-2H3,(H,23,25). The van der Waals surface area contributed by atoms with E-state index in [0.717, 1.165) is 30.5 Å². The van der Waals surface area contributed by atoms with Crippen LogP contribution in [0.3, 0.4) is 0 Å². The molecule has 1 aliphatic heterocycles. The number of hydrogen-bond donors (Lipinski definition) is 2. The van der Waals surface area contributed by atoms with Crippen molar-refractivity contribution in [3.05, 3.63) is 48.0 Å². The molecule has 2 aromatic rings. The number of nitrogens with zero attached hydrogens (tertiary/aromatic N) is 1. The van der Waals surface area contributed by atoms with Crippen molar-refractivity contribution in [1.82, 2.24) is 4.31 Å². The molecule has 2 aromatic carbocycles. The van der Waals surface area contributed by atoms with Crippen LogP contribution in [0.25, 0.3) is 0 Å². The van der Waals surface area contributed by atoms with E-state index in [1.165, 1.54) is 17.5 Å². The molecule has 156 valence electrons. The van der Waals surface area contributed by atoms with E-state index in [9.17, 15) is 13.2 Å². The number of carbonyl (C=O) groups excluding carboxylic acids is 1. The third-order valence-corrected chi connectivity index (χ3v) is 6.89. The first-order valence-electron chi connectivity index (χ1n) is 9.69. The Hall–Kier alpha value is -2.58. The van der Waals surface area contributed by atoms with Crippen molar-refractivity contribution in [3.8, 4) is 5.75 Å². The van der Waals surface area contributed by atoms with Crippen molar-refractivity contribution in [2.75, 3.05) is 37.4 Å². The van der Waals surface area contributed by atoms with Crippen molar-refractivity contribution in [2.24, 2.45) is 0 Å². The number of benzene rings is 2. The zero-order valence-corrected chi connectivity index (χ0v) is 17.6. The van der Waals surface area contributed by atoms with E-state index in [4.69, 9.17) is 4.74 Å². The van der Waals surface area contributed by atoms with Crippen molar-refractivity contribution in [2.45, 2.75) is 31.1 Å². The van der Waals surface area contributed by atoms with Crippen LogP contribution < -0.4 is 15.4 Å². The van der Waals surface area contributed by atoms with Crippen LogP contribution in [0, 0.1) is 6.92 Å². The van der Waals surface area contributed by atoms with E-state index in [1.807, 2.05) is 31.2 Å². The van der Waals surface area contributed by atoms with E-state index in [1.54, 1.807) is 12.1 Å². The fraction of sp³-hybridized carbons (Fsp3) is 0.381. The van der Waals surface area contributed by atoms with Crippen LogP contribution in [-0.2, 0) is 14.8 Å².